The number of benzene rings is 1. The largest absolute Gasteiger partial charge is 0.385 e. The summed E-state index contributed by atoms with van der Waals surface area (Å²) in [6, 6.07) is 10.2. The average molecular weight is 277 g/mol. The molecular weight excluding hydrogens is 246 g/mol. The molecule has 20 heavy (non-hydrogen) atoms. The first-order chi connectivity index (χ1) is 9.66. The van der Waals surface area contributed by atoms with Crippen LogP contribution in [0.15, 0.2) is 30.3 Å². The summed E-state index contributed by atoms with van der Waals surface area (Å²) in [5, 5.41) is 11.1. The maximum absolute atomic E-state index is 11.1. The SMILES string of the molecule is CCCCCC(O)(CCN(CC)CC)c1ccccc1. The molecule has 0 fully saturated rings. The first-order valence-electron chi connectivity index (χ1n) is 8.16. The van der Waals surface area contributed by atoms with E-state index in [2.05, 4.69) is 37.8 Å². The van der Waals surface area contributed by atoms with Crippen molar-refractivity contribution in [1.29, 1.82) is 0 Å². The number of rotatable bonds is 10. The van der Waals surface area contributed by atoms with E-state index in [1.54, 1.807) is 0 Å². The number of nitrogens with zero attached hydrogens (tertiary/aromatic N) is 1. The van der Waals surface area contributed by atoms with E-state index in [-0.39, 0.29) is 0 Å². The van der Waals surface area contributed by atoms with Crippen molar-refractivity contribution >= 4 is 0 Å². The van der Waals surface area contributed by atoms with Crippen molar-refractivity contribution in [1.82, 2.24) is 4.90 Å². The van der Waals surface area contributed by atoms with Gasteiger partial charge in [-0.3, -0.25) is 0 Å². The fourth-order valence-electron chi connectivity index (χ4n) is 2.71. The maximum Gasteiger partial charge on any atom is 0.0908 e. The smallest absolute Gasteiger partial charge is 0.0908 e. The zero-order valence-corrected chi connectivity index (χ0v) is 13.4. The van der Waals surface area contributed by atoms with E-state index in [1.807, 2.05) is 18.2 Å². The van der Waals surface area contributed by atoms with E-state index in [1.165, 1.54) is 12.8 Å². The fourth-order valence-corrected chi connectivity index (χ4v) is 2.71. The Labute approximate surface area is 124 Å². The van der Waals surface area contributed by atoms with Crippen LogP contribution in [0.5, 0.6) is 0 Å². The molecule has 1 rings (SSSR count). The Morgan fingerprint density at radius 1 is 0.950 bits per heavy atom. The van der Waals surface area contributed by atoms with Gasteiger partial charge in [0.15, 0.2) is 0 Å². The molecule has 0 spiro atoms. The molecule has 1 N–H and O–H groups in total. The summed E-state index contributed by atoms with van der Waals surface area (Å²) in [5.74, 6) is 0. The van der Waals surface area contributed by atoms with Crippen molar-refractivity contribution in [2.45, 2.75) is 58.5 Å². The van der Waals surface area contributed by atoms with Crippen LogP contribution in [-0.4, -0.2) is 29.6 Å². The highest BCUT2D eigenvalue weighted by Gasteiger charge is 2.28. The Hall–Kier alpha value is -0.860. The summed E-state index contributed by atoms with van der Waals surface area (Å²) in [6.45, 7) is 9.64. The van der Waals surface area contributed by atoms with E-state index in [0.29, 0.717) is 0 Å². The Morgan fingerprint density at radius 2 is 1.60 bits per heavy atom. The van der Waals surface area contributed by atoms with Gasteiger partial charge >= 0.3 is 0 Å². The number of hydrogen-bond donors (Lipinski definition) is 1. The van der Waals surface area contributed by atoms with E-state index < -0.39 is 5.60 Å². The number of hydrogen-bond acceptors (Lipinski definition) is 2. The highest BCUT2D eigenvalue weighted by molar-refractivity contribution is 5.22. The van der Waals surface area contributed by atoms with Gasteiger partial charge in [0.05, 0.1) is 5.60 Å². The zero-order valence-electron chi connectivity index (χ0n) is 13.4. The van der Waals surface area contributed by atoms with E-state index in [9.17, 15) is 5.11 Å². The van der Waals surface area contributed by atoms with Gasteiger partial charge in [-0.2, -0.15) is 0 Å². The third-order valence-electron chi connectivity index (χ3n) is 4.24. The normalized spacial score (nSPS) is 14.4. The third-order valence-corrected chi connectivity index (χ3v) is 4.24. The molecule has 2 heteroatoms. The van der Waals surface area contributed by atoms with Gasteiger partial charge in [-0.25, -0.2) is 0 Å². The van der Waals surface area contributed by atoms with Crippen molar-refractivity contribution in [3.63, 3.8) is 0 Å². The molecule has 0 saturated carbocycles. The fraction of sp³-hybridized carbons (Fsp3) is 0.667. The van der Waals surface area contributed by atoms with Crippen molar-refractivity contribution in [3.8, 4) is 0 Å². The monoisotopic (exact) mass is 277 g/mol. The Morgan fingerprint density at radius 3 is 2.15 bits per heavy atom. The molecule has 0 radical (unpaired) electrons. The predicted molar refractivity (Wildman–Crippen MR) is 86.9 cm³/mol. The van der Waals surface area contributed by atoms with E-state index in [4.69, 9.17) is 0 Å². The summed E-state index contributed by atoms with van der Waals surface area (Å²) < 4.78 is 0. The quantitative estimate of drug-likeness (QED) is 0.648. The molecule has 1 aromatic rings. The lowest BCUT2D eigenvalue weighted by Crippen LogP contribution is -2.33. The van der Waals surface area contributed by atoms with Crippen molar-refractivity contribution in [2.24, 2.45) is 0 Å². The summed E-state index contributed by atoms with van der Waals surface area (Å²) in [4.78, 5) is 2.38. The Balaban J connectivity index is 2.73. The molecule has 1 unspecified atom stereocenters. The summed E-state index contributed by atoms with van der Waals surface area (Å²) in [7, 11) is 0. The molecule has 0 heterocycles. The summed E-state index contributed by atoms with van der Waals surface area (Å²) >= 11 is 0. The lowest BCUT2D eigenvalue weighted by Gasteiger charge is -2.31. The summed E-state index contributed by atoms with van der Waals surface area (Å²) in [5.41, 5.74) is 0.405. The minimum absolute atomic E-state index is 0.668. The van der Waals surface area contributed by atoms with Crippen LogP contribution in [0.4, 0.5) is 0 Å². The average Bonchev–Trinajstić information content (AvgIpc) is 2.49. The first-order valence-corrected chi connectivity index (χ1v) is 8.16. The Kier molecular flexibility index (Phi) is 7.86. The van der Waals surface area contributed by atoms with Crippen LogP contribution in [0.1, 0.15) is 58.4 Å². The molecule has 0 aromatic heterocycles. The first kappa shape index (κ1) is 17.2. The summed E-state index contributed by atoms with van der Waals surface area (Å²) in [6.07, 6.45) is 5.18. The van der Waals surface area contributed by atoms with Crippen LogP contribution in [0.3, 0.4) is 0 Å². The van der Waals surface area contributed by atoms with E-state index >= 15 is 0 Å². The highest BCUT2D eigenvalue weighted by Crippen LogP contribution is 2.31. The topological polar surface area (TPSA) is 23.5 Å². The van der Waals surface area contributed by atoms with Crippen LogP contribution in [0, 0.1) is 0 Å². The third kappa shape index (κ3) is 5.26. The van der Waals surface area contributed by atoms with Gasteiger partial charge < -0.3 is 10.0 Å². The number of unbranched alkanes of at least 4 members (excludes halogenated alkanes) is 2. The lowest BCUT2D eigenvalue weighted by atomic mass is 9.85. The van der Waals surface area contributed by atoms with Crippen molar-refractivity contribution in [3.05, 3.63) is 35.9 Å². The molecule has 0 aliphatic carbocycles. The maximum atomic E-state index is 11.1. The Bertz CT molecular complexity index is 348. The molecule has 0 aliphatic rings. The van der Waals surface area contributed by atoms with Crippen LogP contribution in [0.25, 0.3) is 0 Å². The van der Waals surface area contributed by atoms with E-state index in [0.717, 1.165) is 44.5 Å². The number of aliphatic hydroxyl groups is 1. The minimum Gasteiger partial charge on any atom is -0.385 e. The highest BCUT2D eigenvalue weighted by atomic mass is 16.3. The van der Waals surface area contributed by atoms with Gasteiger partial charge in [-0.05, 0) is 31.5 Å². The molecule has 1 atom stereocenters. The molecule has 1 aromatic carbocycles. The van der Waals surface area contributed by atoms with Gasteiger partial charge in [0, 0.05) is 6.54 Å². The van der Waals surface area contributed by atoms with Crippen LogP contribution in [0.2, 0.25) is 0 Å². The van der Waals surface area contributed by atoms with Gasteiger partial charge in [-0.15, -0.1) is 0 Å². The molecule has 0 bridgehead atoms. The molecule has 0 aliphatic heterocycles. The second kappa shape index (κ2) is 9.15. The van der Waals surface area contributed by atoms with Crippen LogP contribution >= 0.6 is 0 Å². The lowest BCUT2D eigenvalue weighted by molar-refractivity contribution is 0.00720. The molecular formula is C18H31NO. The molecule has 114 valence electrons. The molecule has 0 saturated heterocycles. The second-order valence-corrected chi connectivity index (χ2v) is 5.63. The van der Waals surface area contributed by atoms with Crippen LogP contribution in [-0.2, 0) is 5.60 Å². The van der Waals surface area contributed by atoms with Crippen molar-refractivity contribution in [2.75, 3.05) is 19.6 Å². The van der Waals surface area contributed by atoms with Gasteiger partial charge in [0.25, 0.3) is 0 Å². The van der Waals surface area contributed by atoms with Crippen LogP contribution < -0.4 is 0 Å². The predicted octanol–water partition coefficient (Wildman–Crippen LogP) is 4.19. The van der Waals surface area contributed by atoms with Gasteiger partial charge in [0.1, 0.15) is 0 Å². The molecule has 2 nitrogen and oxygen atoms in total. The van der Waals surface area contributed by atoms with Gasteiger partial charge in [-0.1, -0.05) is 70.4 Å². The van der Waals surface area contributed by atoms with Crippen molar-refractivity contribution < 1.29 is 5.11 Å². The standard InChI is InChI=1S/C18H31NO/c1-4-7-11-14-18(20,15-16-19(5-2)6-3)17-12-9-8-10-13-17/h8-10,12-13,20H,4-7,11,14-16H2,1-3H3. The zero-order chi connectivity index (χ0) is 14.8. The minimum atomic E-state index is -0.668. The van der Waals surface area contributed by atoms with Gasteiger partial charge in [0.2, 0.25) is 0 Å². The molecule has 0 amide bonds. The second-order valence-electron chi connectivity index (χ2n) is 5.63.